The highest BCUT2D eigenvalue weighted by molar-refractivity contribution is 7.99. The van der Waals surface area contributed by atoms with Gasteiger partial charge in [-0.3, -0.25) is 9.36 Å². The minimum absolute atomic E-state index is 0.0610. The van der Waals surface area contributed by atoms with Crippen LogP contribution in [0.5, 0.6) is 0 Å². The zero-order chi connectivity index (χ0) is 18.7. The Hall–Kier alpha value is -1.87. The summed E-state index contributed by atoms with van der Waals surface area (Å²) in [6.45, 7) is 4.03. The molecule has 3 rings (SSSR count). The highest BCUT2D eigenvalue weighted by Crippen LogP contribution is 2.44. The van der Waals surface area contributed by atoms with Crippen LogP contribution in [0.15, 0.2) is 12.5 Å². The fourth-order valence-electron chi connectivity index (χ4n) is 3.19. The molecule has 8 nitrogen and oxygen atoms in total. The number of thioether (sulfide) groups is 1. The van der Waals surface area contributed by atoms with Crippen molar-refractivity contribution in [3.8, 4) is 0 Å². The maximum atomic E-state index is 13.0. The Morgan fingerprint density at radius 3 is 2.85 bits per heavy atom. The molecule has 2 aromatic heterocycles. The van der Waals surface area contributed by atoms with Gasteiger partial charge in [-0.2, -0.15) is 16.7 Å². The van der Waals surface area contributed by atoms with Crippen LogP contribution in [0.25, 0.3) is 11.2 Å². The molecule has 0 unspecified atom stereocenters. The topological polar surface area (TPSA) is 96.2 Å². The van der Waals surface area contributed by atoms with Gasteiger partial charge >= 0.3 is 11.9 Å². The number of carbonyl (C=O) groups is 2. The van der Waals surface area contributed by atoms with Gasteiger partial charge in [0.05, 0.1) is 32.2 Å². The molecule has 2 atom stereocenters. The predicted octanol–water partition coefficient (Wildman–Crippen LogP) is 2.05. The largest absolute Gasteiger partial charge is 0.466 e. The van der Waals surface area contributed by atoms with Crippen LogP contribution >= 0.6 is 23.4 Å². The summed E-state index contributed by atoms with van der Waals surface area (Å²) in [6, 6.07) is 0. The standard InChI is InChI=1S/C16H19ClN4O4S/c1-3-24-12(22)5-10-7-26-8-16(10,14(23)25-4-2)21-9-19-11-6-18-15(17)20-13(11)21/h6,9-10H,3-5,7-8H2,1-2H3/t10-,16+/m1/s1. The Morgan fingerprint density at radius 2 is 2.12 bits per heavy atom. The molecule has 0 radical (unpaired) electrons. The lowest BCUT2D eigenvalue weighted by molar-refractivity contribution is -0.156. The van der Waals surface area contributed by atoms with Crippen LogP contribution in [0.4, 0.5) is 0 Å². The Bertz CT molecular complexity index is 830. The van der Waals surface area contributed by atoms with E-state index in [4.69, 9.17) is 21.1 Å². The highest BCUT2D eigenvalue weighted by Gasteiger charge is 2.54. The molecular formula is C16H19ClN4O4S. The first-order valence-corrected chi connectivity index (χ1v) is 9.82. The first kappa shape index (κ1) is 18.9. The van der Waals surface area contributed by atoms with E-state index in [1.807, 2.05) is 0 Å². The van der Waals surface area contributed by atoms with Crippen molar-refractivity contribution in [2.45, 2.75) is 25.8 Å². The summed E-state index contributed by atoms with van der Waals surface area (Å²) in [5.74, 6) is 0.00914. The van der Waals surface area contributed by atoms with E-state index in [1.165, 1.54) is 12.5 Å². The second-order valence-electron chi connectivity index (χ2n) is 5.83. The highest BCUT2D eigenvalue weighted by atomic mass is 35.5. The van der Waals surface area contributed by atoms with Gasteiger partial charge in [0.15, 0.2) is 11.2 Å². The van der Waals surface area contributed by atoms with E-state index in [9.17, 15) is 9.59 Å². The molecule has 1 aliphatic rings. The van der Waals surface area contributed by atoms with E-state index >= 15 is 0 Å². The van der Waals surface area contributed by atoms with E-state index in [-0.39, 0.29) is 30.2 Å². The number of carbonyl (C=O) groups excluding carboxylic acids is 2. The fourth-order valence-corrected chi connectivity index (χ4v) is 4.92. The van der Waals surface area contributed by atoms with Crippen molar-refractivity contribution in [1.82, 2.24) is 19.5 Å². The van der Waals surface area contributed by atoms with Crippen LogP contribution in [-0.4, -0.2) is 56.2 Å². The smallest absolute Gasteiger partial charge is 0.333 e. The normalized spacial score (nSPS) is 22.5. The Labute approximate surface area is 159 Å². The molecule has 2 aromatic rings. The van der Waals surface area contributed by atoms with Gasteiger partial charge in [0.1, 0.15) is 5.52 Å². The number of halogens is 1. The van der Waals surface area contributed by atoms with Gasteiger partial charge in [0.25, 0.3) is 0 Å². The van der Waals surface area contributed by atoms with Gasteiger partial charge in [-0.1, -0.05) is 0 Å². The summed E-state index contributed by atoms with van der Waals surface area (Å²) < 4.78 is 12.1. The third-order valence-electron chi connectivity index (χ3n) is 4.35. The van der Waals surface area contributed by atoms with Crippen LogP contribution in [0.1, 0.15) is 20.3 Å². The molecule has 0 amide bonds. The van der Waals surface area contributed by atoms with Gasteiger partial charge in [-0.15, -0.1) is 0 Å². The number of hydrogen-bond acceptors (Lipinski definition) is 8. The molecule has 10 heteroatoms. The van der Waals surface area contributed by atoms with Crippen molar-refractivity contribution < 1.29 is 19.1 Å². The molecule has 0 aromatic carbocycles. The molecule has 0 saturated carbocycles. The summed E-state index contributed by atoms with van der Waals surface area (Å²) in [5, 5.41) is 0.0610. The maximum Gasteiger partial charge on any atom is 0.333 e. The van der Waals surface area contributed by atoms with Gasteiger partial charge < -0.3 is 9.47 Å². The van der Waals surface area contributed by atoms with Crippen molar-refractivity contribution in [1.29, 1.82) is 0 Å². The third kappa shape index (κ3) is 3.25. The van der Waals surface area contributed by atoms with Gasteiger partial charge in [0, 0.05) is 11.7 Å². The molecule has 0 N–H and O–H groups in total. The van der Waals surface area contributed by atoms with E-state index in [0.717, 1.165) is 0 Å². The average molecular weight is 399 g/mol. The molecule has 1 saturated heterocycles. The number of imidazole rings is 1. The number of aromatic nitrogens is 4. The summed E-state index contributed by atoms with van der Waals surface area (Å²) in [7, 11) is 0. The van der Waals surface area contributed by atoms with Gasteiger partial charge in [-0.05, 0) is 31.2 Å². The Kier molecular flexibility index (Phi) is 5.67. The SMILES string of the molecule is CCOC(=O)C[C@@H]1CSC[C@]1(C(=O)OCC)n1cnc2cnc(Cl)nc21. The van der Waals surface area contributed by atoms with Crippen LogP contribution in [0.2, 0.25) is 5.28 Å². The van der Waals surface area contributed by atoms with Crippen LogP contribution in [-0.2, 0) is 24.6 Å². The van der Waals surface area contributed by atoms with Crippen LogP contribution in [0, 0.1) is 5.92 Å². The molecule has 0 spiro atoms. The first-order valence-electron chi connectivity index (χ1n) is 8.29. The van der Waals surface area contributed by atoms with Crippen LogP contribution < -0.4 is 0 Å². The van der Waals surface area contributed by atoms with E-state index < -0.39 is 11.5 Å². The average Bonchev–Trinajstić information content (AvgIpc) is 3.19. The molecule has 3 heterocycles. The molecule has 140 valence electrons. The summed E-state index contributed by atoms with van der Waals surface area (Å²) in [4.78, 5) is 37.6. The van der Waals surface area contributed by atoms with E-state index in [0.29, 0.717) is 29.3 Å². The molecule has 1 aliphatic heterocycles. The molecule has 0 aliphatic carbocycles. The fraction of sp³-hybridized carbons (Fsp3) is 0.562. The van der Waals surface area contributed by atoms with Crippen molar-refractivity contribution in [3.05, 3.63) is 17.8 Å². The van der Waals surface area contributed by atoms with Crippen molar-refractivity contribution >= 4 is 46.5 Å². The van der Waals surface area contributed by atoms with Gasteiger partial charge in [-0.25, -0.2) is 14.8 Å². The van der Waals surface area contributed by atoms with Crippen LogP contribution in [0.3, 0.4) is 0 Å². The lowest BCUT2D eigenvalue weighted by atomic mass is 9.84. The monoisotopic (exact) mass is 398 g/mol. The minimum atomic E-state index is -1.10. The first-order chi connectivity index (χ1) is 12.5. The molecule has 1 fully saturated rings. The number of esters is 2. The summed E-state index contributed by atoms with van der Waals surface area (Å²) in [5.41, 5.74) is -0.140. The molecular weight excluding hydrogens is 380 g/mol. The van der Waals surface area contributed by atoms with Gasteiger partial charge in [0.2, 0.25) is 5.28 Å². The Morgan fingerprint density at radius 1 is 1.35 bits per heavy atom. The summed E-state index contributed by atoms with van der Waals surface area (Å²) in [6.07, 6.45) is 3.15. The lowest BCUT2D eigenvalue weighted by Gasteiger charge is -2.33. The second kappa shape index (κ2) is 7.79. The third-order valence-corrected chi connectivity index (χ3v) is 5.82. The van der Waals surface area contributed by atoms with Crippen molar-refractivity contribution in [2.24, 2.45) is 5.92 Å². The number of hydrogen-bond donors (Lipinski definition) is 0. The van der Waals surface area contributed by atoms with Crippen molar-refractivity contribution in [3.63, 3.8) is 0 Å². The second-order valence-corrected chi connectivity index (χ2v) is 7.20. The zero-order valence-electron chi connectivity index (χ0n) is 14.5. The number of rotatable bonds is 6. The Balaban J connectivity index is 2.10. The quantitative estimate of drug-likeness (QED) is 0.538. The zero-order valence-corrected chi connectivity index (χ0v) is 16.0. The van der Waals surface area contributed by atoms with E-state index in [2.05, 4.69) is 15.0 Å². The number of nitrogens with zero attached hydrogens (tertiary/aromatic N) is 4. The molecule has 26 heavy (non-hydrogen) atoms. The minimum Gasteiger partial charge on any atom is -0.466 e. The number of fused-ring (bicyclic) bond motifs is 1. The number of ether oxygens (including phenoxy) is 2. The predicted molar refractivity (Wildman–Crippen MR) is 97.0 cm³/mol. The summed E-state index contributed by atoms with van der Waals surface area (Å²) >= 11 is 7.52. The molecule has 0 bridgehead atoms. The van der Waals surface area contributed by atoms with Crippen molar-refractivity contribution in [2.75, 3.05) is 24.7 Å². The lowest BCUT2D eigenvalue weighted by Crippen LogP contribution is -2.49. The maximum absolute atomic E-state index is 13.0. The van der Waals surface area contributed by atoms with E-state index in [1.54, 1.807) is 30.2 Å².